The molecule has 0 atom stereocenters. The highest BCUT2D eigenvalue weighted by atomic mass is 16.5. The molecule has 5 heteroatoms. The molecule has 0 aliphatic heterocycles. The van der Waals surface area contributed by atoms with Gasteiger partial charge in [-0.15, -0.1) is 0 Å². The number of hydrogen-bond donors (Lipinski definition) is 2. The van der Waals surface area contributed by atoms with Crippen molar-refractivity contribution in [3.63, 3.8) is 0 Å². The molecule has 0 amide bonds. The molecule has 142 valence electrons. The maximum atomic E-state index is 9.49. The van der Waals surface area contributed by atoms with Gasteiger partial charge in [0.1, 0.15) is 12.4 Å². The molecule has 1 heterocycles. The van der Waals surface area contributed by atoms with Gasteiger partial charge in [0.2, 0.25) is 5.62 Å². The van der Waals surface area contributed by atoms with Crippen LogP contribution in [0.5, 0.6) is 5.75 Å². The van der Waals surface area contributed by atoms with Gasteiger partial charge < -0.3 is 19.0 Å². The normalized spacial score (nSPS) is 11.0. The third-order valence-electron chi connectivity index (χ3n) is 4.82. The predicted molar refractivity (Wildman–Crippen MR) is 109 cm³/mol. The Morgan fingerprint density at radius 1 is 0.821 bits per heavy atom. The fourth-order valence-corrected chi connectivity index (χ4v) is 3.51. The molecule has 4 rings (SSSR count). The first-order valence-electron chi connectivity index (χ1n) is 9.36. The Hall–Kier alpha value is -3.31. The van der Waals surface area contributed by atoms with Crippen molar-refractivity contribution in [2.45, 2.75) is 19.7 Å². The molecular weight excluding hydrogens is 350 g/mol. The minimum absolute atomic E-state index is 0.00819. The summed E-state index contributed by atoms with van der Waals surface area (Å²) in [6, 6.07) is 25.9. The van der Waals surface area contributed by atoms with Gasteiger partial charge in [-0.25, -0.2) is 0 Å². The summed E-state index contributed by atoms with van der Waals surface area (Å²) < 4.78 is 9.82. The molecule has 28 heavy (non-hydrogen) atoms. The number of imidazole rings is 1. The maximum absolute atomic E-state index is 9.49. The molecule has 0 radical (unpaired) electrons. The molecule has 0 spiro atoms. The summed E-state index contributed by atoms with van der Waals surface area (Å²) in [5.74, 6) is 0.815. The number of benzene rings is 3. The van der Waals surface area contributed by atoms with Crippen LogP contribution >= 0.6 is 0 Å². The zero-order chi connectivity index (χ0) is 19.3. The smallest absolute Gasteiger partial charge is 0.203 e. The van der Waals surface area contributed by atoms with Crippen molar-refractivity contribution in [3.05, 3.63) is 95.6 Å². The van der Waals surface area contributed by atoms with Crippen LogP contribution in [0.4, 0.5) is 0 Å². The topological polar surface area (TPSA) is 63.2 Å². The third-order valence-corrected chi connectivity index (χ3v) is 4.82. The number of hydrogen-bond acceptors (Lipinski definition) is 3. The molecule has 0 saturated carbocycles. The molecule has 0 unspecified atom stereocenters. The zero-order valence-corrected chi connectivity index (χ0v) is 15.6. The molecule has 0 fully saturated rings. The van der Waals surface area contributed by atoms with Crippen LogP contribution in [0.1, 0.15) is 11.1 Å². The highest BCUT2D eigenvalue weighted by Gasteiger charge is 2.15. The van der Waals surface area contributed by atoms with Crippen molar-refractivity contribution in [1.29, 1.82) is 5.41 Å². The number of aliphatic hydroxyl groups is 1. The van der Waals surface area contributed by atoms with Crippen LogP contribution in [0.15, 0.2) is 78.9 Å². The lowest BCUT2D eigenvalue weighted by Crippen LogP contribution is -2.26. The lowest BCUT2D eigenvalue weighted by Gasteiger charge is -2.10. The van der Waals surface area contributed by atoms with E-state index in [0.717, 1.165) is 27.9 Å². The average Bonchev–Trinajstić information content (AvgIpc) is 3.00. The van der Waals surface area contributed by atoms with E-state index in [4.69, 9.17) is 10.1 Å². The number of nitrogens with one attached hydrogen (secondary N) is 1. The van der Waals surface area contributed by atoms with E-state index in [-0.39, 0.29) is 6.61 Å². The maximum Gasteiger partial charge on any atom is 0.203 e. The van der Waals surface area contributed by atoms with Gasteiger partial charge in [0.05, 0.1) is 24.2 Å². The van der Waals surface area contributed by atoms with E-state index in [2.05, 4.69) is 12.1 Å². The number of ether oxygens (including phenoxy) is 1. The lowest BCUT2D eigenvalue weighted by molar-refractivity contribution is 0.274. The summed E-state index contributed by atoms with van der Waals surface area (Å²) in [7, 11) is 0. The second-order valence-corrected chi connectivity index (χ2v) is 6.66. The molecule has 1 aromatic heterocycles. The van der Waals surface area contributed by atoms with Crippen molar-refractivity contribution >= 4 is 11.0 Å². The first-order valence-corrected chi connectivity index (χ1v) is 9.36. The molecule has 4 aromatic rings. The molecule has 0 saturated heterocycles. The molecule has 0 bridgehead atoms. The minimum Gasteiger partial charge on any atom is -0.489 e. The summed E-state index contributed by atoms with van der Waals surface area (Å²) >= 11 is 0. The van der Waals surface area contributed by atoms with Gasteiger partial charge in [0.15, 0.2) is 0 Å². The van der Waals surface area contributed by atoms with Crippen LogP contribution in [0.25, 0.3) is 11.0 Å². The largest absolute Gasteiger partial charge is 0.489 e. The first kappa shape index (κ1) is 18.1. The summed E-state index contributed by atoms with van der Waals surface area (Å²) in [4.78, 5) is 0. The van der Waals surface area contributed by atoms with Crippen molar-refractivity contribution in [2.24, 2.45) is 0 Å². The van der Waals surface area contributed by atoms with E-state index in [9.17, 15) is 5.11 Å². The van der Waals surface area contributed by atoms with Gasteiger partial charge >= 0.3 is 0 Å². The fourth-order valence-electron chi connectivity index (χ4n) is 3.51. The predicted octanol–water partition coefficient (Wildman–Crippen LogP) is 3.54. The molecule has 0 aliphatic carbocycles. The highest BCUT2D eigenvalue weighted by Crippen LogP contribution is 2.21. The molecule has 2 N–H and O–H groups in total. The van der Waals surface area contributed by atoms with Crippen LogP contribution in [-0.2, 0) is 19.7 Å². The Bertz CT molecular complexity index is 1120. The Balaban J connectivity index is 1.79. The quantitative estimate of drug-likeness (QED) is 0.520. The van der Waals surface area contributed by atoms with Crippen LogP contribution in [0.2, 0.25) is 0 Å². The van der Waals surface area contributed by atoms with Crippen LogP contribution in [0.3, 0.4) is 0 Å². The second kappa shape index (κ2) is 8.15. The standard InChI is InChI=1S/C23H23N3O2/c24-23-25(14-15-27)21-13-7-10-19(17-28-20-11-5-2-6-12-20)22(21)26(23)16-18-8-3-1-4-9-18/h1-13,24,27H,14-17H2. The summed E-state index contributed by atoms with van der Waals surface area (Å²) in [5, 5.41) is 18.2. The lowest BCUT2D eigenvalue weighted by atomic mass is 10.1. The SMILES string of the molecule is N=c1n(CCO)c2cccc(COc3ccccc3)c2n1Cc1ccccc1. The number of aliphatic hydroxyl groups excluding tert-OH is 1. The molecule has 3 aromatic carbocycles. The molecule has 0 aliphatic rings. The summed E-state index contributed by atoms with van der Waals surface area (Å²) in [5.41, 5.74) is 4.43. The van der Waals surface area contributed by atoms with Crippen molar-refractivity contribution in [2.75, 3.05) is 6.61 Å². The molecular formula is C23H23N3O2. The highest BCUT2D eigenvalue weighted by molar-refractivity contribution is 5.80. The van der Waals surface area contributed by atoms with Crippen molar-refractivity contribution in [3.8, 4) is 5.75 Å². The van der Waals surface area contributed by atoms with Gasteiger partial charge in [-0.05, 0) is 23.8 Å². The summed E-state index contributed by atoms with van der Waals surface area (Å²) in [6.07, 6.45) is 0. The Morgan fingerprint density at radius 3 is 2.25 bits per heavy atom. The fraction of sp³-hybridized carbons (Fsp3) is 0.174. The Morgan fingerprint density at radius 2 is 1.54 bits per heavy atom. The van der Waals surface area contributed by atoms with Gasteiger partial charge in [0, 0.05) is 12.1 Å². The number of fused-ring (bicyclic) bond motifs is 1. The number of rotatable bonds is 7. The van der Waals surface area contributed by atoms with Crippen molar-refractivity contribution in [1.82, 2.24) is 9.13 Å². The zero-order valence-electron chi connectivity index (χ0n) is 15.6. The number of para-hydroxylation sites is 2. The Labute approximate surface area is 163 Å². The van der Waals surface area contributed by atoms with Crippen LogP contribution in [0, 0.1) is 5.41 Å². The first-order chi connectivity index (χ1) is 13.8. The minimum atomic E-state index is -0.00819. The summed E-state index contributed by atoms with van der Waals surface area (Å²) in [6.45, 7) is 1.39. The average molecular weight is 373 g/mol. The van der Waals surface area contributed by atoms with E-state index < -0.39 is 0 Å². The second-order valence-electron chi connectivity index (χ2n) is 6.66. The molecule has 5 nitrogen and oxygen atoms in total. The van der Waals surface area contributed by atoms with E-state index >= 15 is 0 Å². The van der Waals surface area contributed by atoms with E-state index in [1.807, 2.05) is 75.9 Å². The van der Waals surface area contributed by atoms with Gasteiger partial charge in [-0.3, -0.25) is 5.41 Å². The van der Waals surface area contributed by atoms with Gasteiger partial charge in [0.25, 0.3) is 0 Å². The van der Waals surface area contributed by atoms with Crippen LogP contribution < -0.4 is 10.4 Å². The van der Waals surface area contributed by atoms with E-state index in [1.165, 1.54) is 0 Å². The number of aromatic nitrogens is 2. The van der Waals surface area contributed by atoms with E-state index in [0.29, 0.717) is 25.3 Å². The van der Waals surface area contributed by atoms with Crippen molar-refractivity contribution < 1.29 is 9.84 Å². The number of nitrogens with zero attached hydrogens (tertiary/aromatic N) is 2. The van der Waals surface area contributed by atoms with Gasteiger partial charge in [-0.2, -0.15) is 0 Å². The van der Waals surface area contributed by atoms with Gasteiger partial charge in [-0.1, -0.05) is 60.7 Å². The van der Waals surface area contributed by atoms with Crippen LogP contribution in [-0.4, -0.2) is 20.8 Å². The monoisotopic (exact) mass is 373 g/mol. The van der Waals surface area contributed by atoms with E-state index in [1.54, 1.807) is 0 Å². The Kier molecular flexibility index (Phi) is 5.26. The third kappa shape index (κ3) is 3.57.